The van der Waals surface area contributed by atoms with E-state index < -0.39 is 16.0 Å². The van der Waals surface area contributed by atoms with Crippen LogP contribution in [0, 0.1) is 0 Å². The number of halogens is 1. The molecule has 0 amide bonds. The summed E-state index contributed by atoms with van der Waals surface area (Å²) in [5.41, 5.74) is 0.507. The molecule has 3 rings (SSSR count). The number of carbonyl (C=O) groups excluding carboxylic acids is 1. The molecule has 0 radical (unpaired) electrons. The van der Waals surface area contributed by atoms with Gasteiger partial charge in [0.05, 0.1) is 10.5 Å². The maximum Gasteiger partial charge on any atom is 0.338 e. The van der Waals surface area contributed by atoms with Crippen LogP contribution in [0.3, 0.4) is 0 Å². The monoisotopic (exact) mass is 373 g/mol. The Labute approximate surface area is 141 Å². The average molecular weight is 374 g/mol. The molecule has 0 atom stereocenters. The molecule has 2 aromatic rings. The van der Waals surface area contributed by atoms with Crippen molar-refractivity contribution in [2.24, 2.45) is 0 Å². The fourth-order valence-electron chi connectivity index (χ4n) is 1.78. The molecule has 1 fully saturated rings. The van der Waals surface area contributed by atoms with Crippen LogP contribution in [-0.4, -0.2) is 30.0 Å². The van der Waals surface area contributed by atoms with E-state index in [-0.39, 0.29) is 23.1 Å². The minimum atomic E-state index is -3.62. The van der Waals surface area contributed by atoms with Crippen LogP contribution in [0.25, 0.3) is 0 Å². The predicted octanol–water partition coefficient (Wildman–Crippen LogP) is 1.99. The lowest BCUT2D eigenvalue weighted by Gasteiger charge is -2.07. The number of hydrogen-bond donors (Lipinski definition) is 1. The highest BCUT2D eigenvalue weighted by Crippen LogP contribution is 2.23. The lowest BCUT2D eigenvalue weighted by atomic mass is 10.2. The van der Waals surface area contributed by atoms with Crippen LogP contribution in [-0.2, 0) is 21.4 Å². The van der Waals surface area contributed by atoms with E-state index in [2.05, 4.69) is 14.3 Å². The Hall–Kier alpha value is -1.55. The number of benzene rings is 1. The highest BCUT2D eigenvalue weighted by Gasteiger charge is 2.28. The van der Waals surface area contributed by atoms with Crippen molar-refractivity contribution in [1.82, 2.24) is 14.3 Å². The molecular weight excluding hydrogens is 362 g/mol. The second-order valence-electron chi connectivity index (χ2n) is 4.99. The number of rotatable bonds is 6. The summed E-state index contributed by atoms with van der Waals surface area (Å²) in [6, 6.07) is 5.70. The predicted molar refractivity (Wildman–Crippen MR) is 83.8 cm³/mol. The lowest BCUT2D eigenvalue weighted by Crippen LogP contribution is -2.25. The van der Waals surface area contributed by atoms with E-state index >= 15 is 0 Å². The number of sulfonamides is 1. The van der Waals surface area contributed by atoms with Crippen LogP contribution in [0.2, 0.25) is 4.34 Å². The zero-order valence-electron chi connectivity index (χ0n) is 11.7. The third-order valence-electron chi connectivity index (χ3n) is 3.13. The normalized spacial score (nSPS) is 14.7. The smallest absolute Gasteiger partial charge is 0.338 e. The molecule has 23 heavy (non-hydrogen) atoms. The van der Waals surface area contributed by atoms with Crippen molar-refractivity contribution < 1.29 is 17.9 Å². The fourth-order valence-corrected chi connectivity index (χ4v) is 3.73. The van der Waals surface area contributed by atoms with Gasteiger partial charge in [0.25, 0.3) is 0 Å². The summed E-state index contributed by atoms with van der Waals surface area (Å²) in [6.45, 7) is -0.120. The van der Waals surface area contributed by atoms with Crippen LogP contribution in [0.15, 0.2) is 29.2 Å². The SMILES string of the molecule is O=C(OCc1nnsc1Cl)c1cccc(S(=O)(=O)NC2CC2)c1. The van der Waals surface area contributed by atoms with Crippen LogP contribution in [0.5, 0.6) is 0 Å². The minimum absolute atomic E-state index is 0.00471. The molecule has 10 heteroatoms. The van der Waals surface area contributed by atoms with Gasteiger partial charge in [-0.05, 0) is 31.0 Å². The van der Waals surface area contributed by atoms with Crippen LogP contribution < -0.4 is 4.72 Å². The van der Waals surface area contributed by atoms with Gasteiger partial charge in [0, 0.05) is 17.6 Å². The van der Waals surface area contributed by atoms with Gasteiger partial charge in [-0.1, -0.05) is 22.2 Å². The first-order chi connectivity index (χ1) is 11.0. The third-order valence-corrected chi connectivity index (χ3v) is 5.63. The zero-order chi connectivity index (χ0) is 16.4. The maximum absolute atomic E-state index is 12.1. The molecule has 122 valence electrons. The first-order valence-electron chi connectivity index (χ1n) is 6.72. The number of carbonyl (C=O) groups is 1. The Balaban J connectivity index is 1.71. The standard InChI is InChI=1S/C13H12ClN3O4S2/c14-12-11(15-17-22-12)7-21-13(18)8-2-1-3-10(6-8)23(19,20)16-9-4-5-9/h1-3,6,9,16H,4-5,7H2. The summed E-state index contributed by atoms with van der Waals surface area (Å²) in [6.07, 6.45) is 1.67. The highest BCUT2D eigenvalue weighted by atomic mass is 35.5. The van der Waals surface area contributed by atoms with Gasteiger partial charge in [0.1, 0.15) is 16.6 Å². The molecule has 0 aliphatic heterocycles. The minimum Gasteiger partial charge on any atom is -0.455 e. The van der Waals surface area contributed by atoms with E-state index in [0.29, 0.717) is 10.0 Å². The van der Waals surface area contributed by atoms with Crippen LogP contribution >= 0.6 is 23.1 Å². The van der Waals surface area contributed by atoms with E-state index in [1.165, 1.54) is 24.3 Å². The van der Waals surface area contributed by atoms with Crippen LogP contribution in [0.1, 0.15) is 28.9 Å². The third kappa shape index (κ3) is 4.05. The summed E-state index contributed by atoms with van der Waals surface area (Å²) >= 11 is 6.82. The van der Waals surface area contributed by atoms with Crippen molar-refractivity contribution in [3.05, 3.63) is 39.9 Å². The molecule has 1 aliphatic carbocycles. The van der Waals surface area contributed by atoms with E-state index in [1.807, 2.05) is 0 Å². The van der Waals surface area contributed by atoms with Crippen molar-refractivity contribution in [1.29, 1.82) is 0 Å². The molecule has 1 N–H and O–H groups in total. The molecule has 0 spiro atoms. The summed E-state index contributed by atoms with van der Waals surface area (Å²) in [7, 11) is -3.62. The van der Waals surface area contributed by atoms with Crippen molar-refractivity contribution in [3.63, 3.8) is 0 Å². The molecular formula is C13H12ClN3O4S2. The first-order valence-corrected chi connectivity index (χ1v) is 9.35. The molecule has 0 saturated heterocycles. The summed E-state index contributed by atoms with van der Waals surface area (Å²) < 4.78 is 35.9. The molecule has 0 unspecified atom stereocenters. The number of esters is 1. The number of ether oxygens (including phenoxy) is 1. The van der Waals surface area contributed by atoms with Crippen molar-refractivity contribution >= 4 is 39.1 Å². The van der Waals surface area contributed by atoms with Gasteiger partial charge in [-0.25, -0.2) is 17.9 Å². The number of nitrogens with zero attached hydrogens (tertiary/aromatic N) is 2. The quantitative estimate of drug-likeness (QED) is 0.777. The van der Waals surface area contributed by atoms with Gasteiger partial charge in [0.15, 0.2) is 0 Å². The van der Waals surface area contributed by atoms with Gasteiger partial charge < -0.3 is 4.74 Å². The number of aromatic nitrogens is 2. The van der Waals surface area contributed by atoms with Gasteiger partial charge in [-0.2, -0.15) is 0 Å². The molecule has 1 aromatic heterocycles. The largest absolute Gasteiger partial charge is 0.455 e. The van der Waals surface area contributed by atoms with Gasteiger partial charge in [-0.3, -0.25) is 0 Å². The molecule has 1 aliphatic rings. The molecule has 7 nitrogen and oxygen atoms in total. The van der Waals surface area contributed by atoms with E-state index in [9.17, 15) is 13.2 Å². The molecule has 1 heterocycles. The summed E-state index contributed by atoms with van der Waals surface area (Å²) in [5, 5.41) is 3.73. The Kier molecular flexibility index (Phi) is 4.62. The summed E-state index contributed by atoms with van der Waals surface area (Å²) in [5.74, 6) is -0.655. The number of nitrogens with one attached hydrogen (secondary N) is 1. The first kappa shape index (κ1) is 16.3. The highest BCUT2D eigenvalue weighted by molar-refractivity contribution is 7.89. The van der Waals surface area contributed by atoms with Gasteiger partial charge in [-0.15, -0.1) is 5.10 Å². The molecule has 1 aromatic carbocycles. The Morgan fingerprint density at radius 2 is 2.22 bits per heavy atom. The Bertz CT molecular complexity index is 833. The second-order valence-corrected chi connectivity index (χ2v) is 8.06. The van der Waals surface area contributed by atoms with Crippen molar-refractivity contribution in [2.75, 3.05) is 0 Å². The Morgan fingerprint density at radius 1 is 1.43 bits per heavy atom. The van der Waals surface area contributed by atoms with Crippen molar-refractivity contribution in [2.45, 2.75) is 30.4 Å². The maximum atomic E-state index is 12.1. The second kappa shape index (κ2) is 6.52. The van der Waals surface area contributed by atoms with Gasteiger partial charge in [0.2, 0.25) is 10.0 Å². The van der Waals surface area contributed by atoms with Gasteiger partial charge >= 0.3 is 5.97 Å². The average Bonchev–Trinajstić information content (AvgIpc) is 3.24. The fraction of sp³-hybridized carbons (Fsp3) is 0.308. The summed E-state index contributed by atoms with van der Waals surface area (Å²) in [4.78, 5) is 12.1. The van der Waals surface area contributed by atoms with E-state index in [4.69, 9.17) is 16.3 Å². The Morgan fingerprint density at radius 3 is 2.87 bits per heavy atom. The van der Waals surface area contributed by atoms with E-state index in [0.717, 1.165) is 24.4 Å². The topological polar surface area (TPSA) is 98.2 Å². The molecule has 0 bridgehead atoms. The lowest BCUT2D eigenvalue weighted by molar-refractivity contribution is 0.0467. The van der Waals surface area contributed by atoms with E-state index in [1.54, 1.807) is 0 Å². The zero-order valence-corrected chi connectivity index (χ0v) is 14.1. The van der Waals surface area contributed by atoms with Crippen LogP contribution in [0.4, 0.5) is 0 Å². The number of hydrogen-bond acceptors (Lipinski definition) is 7. The molecule has 1 saturated carbocycles. The van der Waals surface area contributed by atoms with Crippen molar-refractivity contribution in [3.8, 4) is 0 Å².